The van der Waals surface area contributed by atoms with Gasteiger partial charge in [-0.3, -0.25) is 14.8 Å². The van der Waals surface area contributed by atoms with Crippen molar-refractivity contribution < 1.29 is 8.42 Å². The summed E-state index contributed by atoms with van der Waals surface area (Å²) in [6.45, 7) is 4.95. The molecule has 108 valence electrons. The van der Waals surface area contributed by atoms with Gasteiger partial charge in [0.15, 0.2) is 5.03 Å². The minimum atomic E-state index is -3.70. The van der Waals surface area contributed by atoms with E-state index >= 15 is 0 Å². The molecule has 0 fully saturated rings. The predicted molar refractivity (Wildman–Crippen MR) is 75.8 cm³/mol. The molecule has 0 aliphatic rings. The molecule has 2 aromatic heterocycles. The monoisotopic (exact) mass is 295 g/mol. The third kappa shape index (κ3) is 3.14. The van der Waals surface area contributed by atoms with Gasteiger partial charge in [0.1, 0.15) is 0 Å². The molecule has 0 radical (unpaired) electrons. The number of aromatic amines is 1. The van der Waals surface area contributed by atoms with Gasteiger partial charge >= 0.3 is 0 Å². The first-order valence-electron chi connectivity index (χ1n) is 6.21. The second-order valence-corrected chi connectivity index (χ2v) is 5.92. The lowest BCUT2D eigenvalue weighted by Gasteiger charge is -2.10. The van der Waals surface area contributed by atoms with E-state index in [0.29, 0.717) is 17.8 Å². The Morgan fingerprint density at radius 1 is 1.35 bits per heavy atom. The Bertz CT molecular complexity index is 681. The molecule has 0 saturated carbocycles. The van der Waals surface area contributed by atoms with Crippen molar-refractivity contribution in [1.29, 1.82) is 0 Å². The van der Waals surface area contributed by atoms with Crippen molar-refractivity contribution in [2.45, 2.75) is 25.4 Å². The van der Waals surface area contributed by atoms with E-state index in [1.165, 1.54) is 12.4 Å². The van der Waals surface area contributed by atoms with Crippen molar-refractivity contribution in [2.75, 3.05) is 11.3 Å². The molecule has 0 amide bonds. The topological polar surface area (TPSA) is 99.8 Å². The summed E-state index contributed by atoms with van der Waals surface area (Å²) in [6.07, 6.45) is 4.60. The zero-order valence-corrected chi connectivity index (χ0v) is 12.2. The summed E-state index contributed by atoms with van der Waals surface area (Å²) in [4.78, 5) is 3.92. The summed E-state index contributed by atoms with van der Waals surface area (Å²) in [7, 11) is -3.70. The normalized spacial score (nSPS) is 11.5. The summed E-state index contributed by atoms with van der Waals surface area (Å²) < 4.78 is 27.2. The smallest absolute Gasteiger partial charge is 0.279 e. The number of H-pyrrole nitrogens is 1. The Morgan fingerprint density at radius 3 is 2.85 bits per heavy atom. The molecule has 20 heavy (non-hydrogen) atoms. The van der Waals surface area contributed by atoms with E-state index in [-0.39, 0.29) is 5.03 Å². The van der Waals surface area contributed by atoms with Gasteiger partial charge in [-0.2, -0.15) is 13.5 Å². The molecule has 0 saturated heterocycles. The first-order valence-corrected chi connectivity index (χ1v) is 7.69. The van der Waals surface area contributed by atoms with Crippen molar-refractivity contribution in [3.8, 4) is 0 Å². The molecule has 0 spiro atoms. The first-order chi connectivity index (χ1) is 9.54. The van der Waals surface area contributed by atoms with Crippen LogP contribution in [0, 0.1) is 6.92 Å². The fourth-order valence-corrected chi connectivity index (χ4v) is 2.93. The number of hydrogen-bond acceptors (Lipinski definition) is 5. The molecular formula is C12H17N5O2S. The molecule has 2 heterocycles. The van der Waals surface area contributed by atoms with E-state index in [1.807, 2.05) is 13.8 Å². The highest BCUT2D eigenvalue weighted by Crippen LogP contribution is 2.19. The molecule has 7 nitrogen and oxygen atoms in total. The van der Waals surface area contributed by atoms with Gasteiger partial charge in [-0.25, -0.2) is 0 Å². The van der Waals surface area contributed by atoms with Gasteiger partial charge in [0, 0.05) is 18.3 Å². The fourth-order valence-electron chi connectivity index (χ4n) is 1.68. The average molecular weight is 295 g/mol. The van der Waals surface area contributed by atoms with Crippen LogP contribution in [0.5, 0.6) is 0 Å². The summed E-state index contributed by atoms with van der Waals surface area (Å²) in [5.41, 5.74) is 1.86. The second-order valence-electron chi connectivity index (χ2n) is 4.30. The van der Waals surface area contributed by atoms with E-state index in [4.69, 9.17) is 0 Å². The lowest BCUT2D eigenvalue weighted by atomic mass is 10.3. The highest BCUT2D eigenvalue weighted by molar-refractivity contribution is 7.92. The van der Waals surface area contributed by atoms with E-state index in [0.717, 1.165) is 12.1 Å². The van der Waals surface area contributed by atoms with Gasteiger partial charge < -0.3 is 5.32 Å². The van der Waals surface area contributed by atoms with Crippen LogP contribution in [-0.4, -0.2) is 30.1 Å². The molecule has 2 aromatic rings. The molecule has 0 aliphatic heterocycles. The Labute approximate surface area is 117 Å². The fraction of sp³-hybridized carbons (Fsp3) is 0.333. The highest BCUT2D eigenvalue weighted by atomic mass is 32.2. The maximum Gasteiger partial charge on any atom is 0.279 e. The maximum absolute atomic E-state index is 12.4. The molecular weight excluding hydrogens is 278 g/mol. The molecule has 0 aliphatic carbocycles. The van der Waals surface area contributed by atoms with Gasteiger partial charge in [0.2, 0.25) is 0 Å². The number of nitrogens with zero attached hydrogens (tertiary/aromatic N) is 2. The van der Waals surface area contributed by atoms with Crippen LogP contribution in [0.15, 0.2) is 29.7 Å². The molecule has 8 heteroatoms. The third-order valence-corrected chi connectivity index (χ3v) is 4.18. The van der Waals surface area contributed by atoms with E-state index in [1.54, 1.807) is 12.3 Å². The highest BCUT2D eigenvalue weighted by Gasteiger charge is 2.21. The van der Waals surface area contributed by atoms with Crippen LogP contribution in [0.1, 0.15) is 18.1 Å². The first kappa shape index (κ1) is 14.5. The summed E-state index contributed by atoms with van der Waals surface area (Å²) in [5, 5.41) is 9.48. The van der Waals surface area contributed by atoms with Crippen molar-refractivity contribution in [1.82, 2.24) is 20.5 Å². The molecule has 0 aromatic carbocycles. The number of rotatable bonds is 6. The summed E-state index contributed by atoms with van der Waals surface area (Å²) in [5.74, 6) is 0. The maximum atomic E-state index is 12.4. The zero-order valence-electron chi connectivity index (χ0n) is 11.3. The van der Waals surface area contributed by atoms with Crippen molar-refractivity contribution >= 4 is 15.7 Å². The summed E-state index contributed by atoms with van der Waals surface area (Å²) >= 11 is 0. The number of nitrogens with one attached hydrogen (secondary N) is 3. The van der Waals surface area contributed by atoms with Crippen LogP contribution in [-0.2, 0) is 16.6 Å². The second kappa shape index (κ2) is 6.02. The molecule has 0 bridgehead atoms. The van der Waals surface area contributed by atoms with Crippen LogP contribution in [0.25, 0.3) is 0 Å². The summed E-state index contributed by atoms with van der Waals surface area (Å²) in [6, 6.07) is 1.74. The Morgan fingerprint density at radius 2 is 2.15 bits per heavy atom. The van der Waals surface area contributed by atoms with Gasteiger partial charge in [-0.15, -0.1) is 0 Å². The minimum Gasteiger partial charge on any atom is -0.313 e. The lowest BCUT2D eigenvalue weighted by molar-refractivity contribution is 0.594. The van der Waals surface area contributed by atoms with Crippen LogP contribution in [0.2, 0.25) is 0 Å². The lowest BCUT2D eigenvalue weighted by Crippen LogP contribution is -2.19. The number of sulfonamides is 1. The minimum absolute atomic E-state index is 0.0710. The van der Waals surface area contributed by atoms with Crippen molar-refractivity contribution in [2.24, 2.45) is 0 Å². The molecule has 2 rings (SSSR count). The van der Waals surface area contributed by atoms with Crippen molar-refractivity contribution in [3.05, 3.63) is 35.8 Å². The predicted octanol–water partition coefficient (Wildman–Crippen LogP) is 1.02. The largest absolute Gasteiger partial charge is 0.313 e. The molecule has 0 atom stereocenters. The van der Waals surface area contributed by atoms with E-state index in [2.05, 4.69) is 25.2 Å². The van der Waals surface area contributed by atoms with E-state index in [9.17, 15) is 8.42 Å². The van der Waals surface area contributed by atoms with Crippen LogP contribution in [0.4, 0.5) is 5.69 Å². The number of anilines is 1. The van der Waals surface area contributed by atoms with E-state index < -0.39 is 10.0 Å². The van der Waals surface area contributed by atoms with Crippen LogP contribution < -0.4 is 10.0 Å². The van der Waals surface area contributed by atoms with Crippen molar-refractivity contribution in [3.63, 3.8) is 0 Å². The van der Waals surface area contributed by atoms with Gasteiger partial charge in [-0.05, 0) is 25.1 Å². The molecule has 3 N–H and O–H groups in total. The number of aryl methyl sites for hydroxylation is 1. The number of hydrogen-bond donors (Lipinski definition) is 3. The third-order valence-electron chi connectivity index (χ3n) is 2.80. The quantitative estimate of drug-likeness (QED) is 0.739. The average Bonchev–Trinajstić information content (AvgIpc) is 2.88. The van der Waals surface area contributed by atoms with Gasteiger partial charge in [-0.1, -0.05) is 6.92 Å². The standard InChI is InChI=1S/C12H17N5O2S/c1-3-13-6-10-7-15-16-12(10)20(18,19)17-11-8-14-5-4-9(11)2/h4-5,7-8,13,17H,3,6H2,1-2H3,(H,15,16). The number of pyridine rings is 1. The Hall–Kier alpha value is -1.93. The van der Waals surface area contributed by atoms with Crippen LogP contribution in [0.3, 0.4) is 0 Å². The van der Waals surface area contributed by atoms with Crippen LogP contribution >= 0.6 is 0 Å². The van der Waals surface area contributed by atoms with Gasteiger partial charge in [0.25, 0.3) is 10.0 Å². The zero-order chi connectivity index (χ0) is 14.6. The number of aromatic nitrogens is 3. The Balaban J connectivity index is 2.27. The molecule has 0 unspecified atom stereocenters. The Kier molecular flexibility index (Phi) is 4.35. The van der Waals surface area contributed by atoms with Gasteiger partial charge in [0.05, 0.1) is 18.1 Å². The SMILES string of the molecule is CCNCc1cn[nH]c1S(=O)(=O)Nc1cnccc1C.